The van der Waals surface area contributed by atoms with E-state index < -0.39 is 0 Å². The largest absolute Gasteiger partial charge is 0.487 e. The van der Waals surface area contributed by atoms with E-state index in [0.29, 0.717) is 0 Å². The highest BCUT2D eigenvalue weighted by Gasteiger charge is 2.37. The van der Waals surface area contributed by atoms with E-state index in [0.717, 1.165) is 29.3 Å². The lowest BCUT2D eigenvalue weighted by Gasteiger charge is -2.21. The molecule has 0 radical (unpaired) electrons. The highest BCUT2D eigenvalue weighted by molar-refractivity contribution is 7.15. The lowest BCUT2D eigenvalue weighted by molar-refractivity contribution is 0.0888. The first-order valence-corrected chi connectivity index (χ1v) is 5.91. The molecule has 1 aromatic rings. The van der Waals surface area contributed by atoms with E-state index in [1.807, 2.05) is 19.1 Å². The molecule has 1 atom stereocenters. The zero-order chi connectivity index (χ0) is 10.9. The molecule has 0 amide bonds. The Labute approximate surface area is 93.4 Å². The number of thiophene rings is 1. The topological polar surface area (TPSA) is 38.3 Å². The number of ether oxygens (including phenoxy) is 1. The standard InChI is InChI=1S/C11H15NO2S/c1-11(6-3-7-12-11)10(13)8-4-5-9(14-2)15-8/h4-5,12H,3,6-7H2,1-2H3. The summed E-state index contributed by atoms with van der Waals surface area (Å²) in [4.78, 5) is 13.0. The first kappa shape index (κ1) is 10.6. The fraction of sp³-hybridized carbons (Fsp3) is 0.545. The molecule has 0 bridgehead atoms. The van der Waals surface area contributed by atoms with Gasteiger partial charge in [-0.2, -0.15) is 0 Å². The number of Topliss-reactive ketones (excluding diaryl/α,β-unsaturated/α-hetero) is 1. The van der Waals surface area contributed by atoms with Crippen LogP contribution in [0.2, 0.25) is 0 Å². The second-order valence-electron chi connectivity index (χ2n) is 4.01. The molecule has 1 aliphatic rings. The number of methoxy groups -OCH3 is 1. The Hall–Kier alpha value is -0.870. The molecule has 1 saturated heterocycles. The highest BCUT2D eigenvalue weighted by atomic mass is 32.1. The second-order valence-corrected chi connectivity index (χ2v) is 5.06. The normalized spacial score (nSPS) is 25.5. The van der Waals surface area contributed by atoms with E-state index in [2.05, 4.69) is 5.32 Å². The molecule has 0 spiro atoms. The minimum atomic E-state index is -0.365. The van der Waals surface area contributed by atoms with Crippen molar-refractivity contribution in [3.8, 4) is 5.06 Å². The van der Waals surface area contributed by atoms with Gasteiger partial charge in [0.05, 0.1) is 17.5 Å². The van der Waals surface area contributed by atoms with Crippen LogP contribution >= 0.6 is 11.3 Å². The van der Waals surface area contributed by atoms with E-state index in [4.69, 9.17) is 4.74 Å². The zero-order valence-corrected chi connectivity index (χ0v) is 9.82. The molecule has 1 N–H and O–H groups in total. The van der Waals surface area contributed by atoms with Crippen LogP contribution < -0.4 is 10.1 Å². The molecule has 0 saturated carbocycles. The maximum absolute atomic E-state index is 12.2. The maximum Gasteiger partial charge on any atom is 0.192 e. The molecule has 1 fully saturated rings. The van der Waals surface area contributed by atoms with Crippen molar-refractivity contribution in [3.05, 3.63) is 17.0 Å². The zero-order valence-electron chi connectivity index (χ0n) is 9.00. The van der Waals surface area contributed by atoms with Crippen molar-refractivity contribution < 1.29 is 9.53 Å². The molecule has 2 rings (SSSR count). The van der Waals surface area contributed by atoms with Crippen molar-refractivity contribution in [2.24, 2.45) is 0 Å². The van der Waals surface area contributed by atoms with Gasteiger partial charge in [0.2, 0.25) is 0 Å². The summed E-state index contributed by atoms with van der Waals surface area (Å²) < 4.78 is 5.09. The van der Waals surface area contributed by atoms with E-state index in [-0.39, 0.29) is 11.3 Å². The van der Waals surface area contributed by atoms with Crippen molar-refractivity contribution in [2.75, 3.05) is 13.7 Å². The van der Waals surface area contributed by atoms with Gasteiger partial charge in [0.25, 0.3) is 0 Å². The monoisotopic (exact) mass is 225 g/mol. The molecular weight excluding hydrogens is 210 g/mol. The van der Waals surface area contributed by atoms with Crippen LogP contribution in [0.5, 0.6) is 5.06 Å². The number of carbonyl (C=O) groups is 1. The van der Waals surface area contributed by atoms with E-state index in [1.165, 1.54) is 11.3 Å². The van der Waals surface area contributed by atoms with Crippen molar-refractivity contribution in [2.45, 2.75) is 25.3 Å². The Morgan fingerprint density at radius 1 is 1.60 bits per heavy atom. The van der Waals surface area contributed by atoms with Crippen LogP contribution in [0.3, 0.4) is 0 Å². The van der Waals surface area contributed by atoms with Crippen LogP contribution in [0, 0.1) is 0 Å². The van der Waals surface area contributed by atoms with Gasteiger partial charge in [0.1, 0.15) is 0 Å². The van der Waals surface area contributed by atoms with Gasteiger partial charge in [-0.05, 0) is 38.4 Å². The van der Waals surface area contributed by atoms with Gasteiger partial charge in [-0.15, -0.1) is 0 Å². The van der Waals surface area contributed by atoms with Crippen LogP contribution in [0.25, 0.3) is 0 Å². The predicted octanol–water partition coefficient (Wildman–Crippen LogP) is 2.08. The van der Waals surface area contributed by atoms with Gasteiger partial charge in [-0.25, -0.2) is 0 Å². The third kappa shape index (κ3) is 1.92. The summed E-state index contributed by atoms with van der Waals surface area (Å²) in [5.74, 6) is 0.188. The summed E-state index contributed by atoms with van der Waals surface area (Å²) >= 11 is 1.41. The van der Waals surface area contributed by atoms with Crippen LogP contribution in [0.4, 0.5) is 0 Å². The van der Waals surface area contributed by atoms with Crippen LogP contribution in [-0.2, 0) is 0 Å². The average Bonchev–Trinajstić information content (AvgIpc) is 2.85. The summed E-state index contributed by atoms with van der Waals surface area (Å²) in [5.41, 5.74) is -0.365. The number of rotatable bonds is 3. The summed E-state index contributed by atoms with van der Waals surface area (Å²) in [5, 5.41) is 4.07. The second kappa shape index (κ2) is 3.94. The van der Waals surface area contributed by atoms with Gasteiger partial charge < -0.3 is 10.1 Å². The fourth-order valence-corrected chi connectivity index (χ4v) is 2.80. The fourth-order valence-electron chi connectivity index (χ4n) is 1.91. The number of nitrogens with one attached hydrogen (secondary N) is 1. The summed E-state index contributed by atoms with van der Waals surface area (Å²) in [6, 6.07) is 3.69. The Morgan fingerprint density at radius 3 is 2.93 bits per heavy atom. The molecule has 82 valence electrons. The molecular formula is C11H15NO2S. The number of carbonyl (C=O) groups excluding carboxylic acids is 1. The van der Waals surface area contributed by atoms with Gasteiger partial charge in [0.15, 0.2) is 10.8 Å². The first-order chi connectivity index (χ1) is 7.15. The molecule has 0 aliphatic carbocycles. The first-order valence-electron chi connectivity index (χ1n) is 5.09. The SMILES string of the molecule is COc1ccc(C(=O)C2(C)CCCN2)s1. The van der Waals surface area contributed by atoms with Crippen molar-refractivity contribution in [1.29, 1.82) is 0 Å². The van der Waals surface area contributed by atoms with Crippen LogP contribution in [0.1, 0.15) is 29.4 Å². The Morgan fingerprint density at radius 2 is 2.40 bits per heavy atom. The Kier molecular flexibility index (Phi) is 2.80. The minimum absolute atomic E-state index is 0.188. The Bertz CT molecular complexity index is 366. The number of hydrogen-bond acceptors (Lipinski definition) is 4. The lowest BCUT2D eigenvalue weighted by Crippen LogP contribution is -2.44. The van der Waals surface area contributed by atoms with E-state index in [1.54, 1.807) is 7.11 Å². The van der Waals surface area contributed by atoms with Crippen molar-refractivity contribution >= 4 is 17.1 Å². The smallest absolute Gasteiger partial charge is 0.192 e. The third-order valence-corrected chi connectivity index (χ3v) is 3.92. The Balaban J connectivity index is 2.19. The molecule has 4 heteroatoms. The van der Waals surface area contributed by atoms with Gasteiger partial charge in [-0.1, -0.05) is 11.3 Å². The van der Waals surface area contributed by atoms with Crippen molar-refractivity contribution in [1.82, 2.24) is 5.32 Å². The molecule has 3 nitrogen and oxygen atoms in total. The minimum Gasteiger partial charge on any atom is -0.487 e. The molecule has 1 aromatic heterocycles. The van der Waals surface area contributed by atoms with Gasteiger partial charge in [-0.3, -0.25) is 4.79 Å². The predicted molar refractivity (Wildman–Crippen MR) is 60.8 cm³/mol. The summed E-state index contributed by atoms with van der Waals surface area (Å²) in [6.07, 6.45) is 2.00. The lowest BCUT2D eigenvalue weighted by atomic mass is 9.94. The van der Waals surface area contributed by atoms with Gasteiger partial charge >= 0.3 is 0 Å². The quantitative estimate of drug-likeness (QED) is 0.800. The number of ketones is 1. The molecule has 1 unspecified atom stereocenters. The summed E-state index contributed by atoms with van der Waals surface area (Å²) in [6.45, 7) is 2.92. The number of hydrogen-bond donors (Lipinski definition) is 1. The van der Waals surface area contributed by atoms with Crippen LogP contribution in [0.15, 0.2) is 12.1 Å². The maximum atomic E-state index is 12.2. The van der Waals surface area contributed by atoms with Crippen molar-refractivity contribution in [3.63, 3.8) is 0 Å². The third-order valence-electron chi connectivity index (χ3n) is 2.88. The molecule has 0 aromatic carbocycles. The molecule has 15 heavy (non-hydrogen) atoms. The summed E-state index contributed by atoms with van der Waals surface area (Å²) in [7, 11) is 1.62. The molecule has 2 heterocycles. The highest BCUT2D eigenvalue weighted by Crippen LogP contribution is 2.30. The molecule has 1 aliphatic heterocycles. The average molecular weight is 225 g/mol. The van der Waals surface area contributed by atoms with Gasteiger partial charge in [0, 0.05) is 0 Å². The van der Waals surface area contributed by atoms with E-state index in [9.17, 15) is 4.79 Å². The van der Waals surface area contributed by atoms with Crippen LogP contribution in [-0.4, -0.2) is 25.0 Å². The van der Waals surface area contributed by atoms with E-state index >= 15 is 0 Å².